The lowest BCUT2D eigenvalue weighted by Gasteiger charge is -1.87. The second-order valence-electron chi connectivity index (χ2n) is 0.598. The predicted octanol–water partition coefficient (Wildman–Crippen LogP) is 0.133. The maximum absolute atomic E-state index is 4.27. The van der Waals surface area contributed by atoms with Crippen molar-refractivity contribution in [2.75, 3.05) is 6.73 Å². The van der Waals surface area contributed by atoms with Crippen LogP contribution in [-0.2, 0) is 4.74 Å². The van der Waals surface area contributed by atoms with Gasteiger partial charge in [-0.2, -0.15) is 0 Å². The zero-order chi connectivity index (χ0) is 4.12. The predicted molar refractivity (Wildman–Crippen MR) is 19.8 cm³/mol. The van der Waals surface area contributed by atoms with Crippen LogP contribution in [0, 0.1) is 14.2 Å². The van der Waals surface area contributed by atoms with Gasteiger partial charge in [0, 0.05) is 7.05 Å². The third-order valence-electron chi connectivity index (χ3n) is 0.204. The van der Waals surface area contributed by atoms with E-state index >= 15 is 0 Å². The molecule has 0 aliphatic rings. The Bertz CT molecular complexity index is 14.4. The van der Waals surface area contributed by atoms with Crippen molar-refractivity contribution in [3.05, 3.63) is 14.2 Å². The molecule has 0 rings (SSSR count). The van der Waals surface area contributed by atoms with Gasteiger partial charge in [0.25, 0.3) is 0 Å². The number of rotatable bonds is 2. The van der Waals surface area contributed by atoms with Gasteiger partial charge in [-0.1, -0.05) is 0 Å². The van der Waals surface area contributed by atoms with Crippen LogP contribution in [0.25, 0.3) is 0 Å². The summed E-state index contributed by atoms with van der Waals surface area (Å²) in [5.74, 6) is 0. The van der Waals surface area contributed by atoms with Crippen molar-refractivity contribution < 1.29 is 4.74 Å². The molecule has 0 aliphatic carbocycles. The SMILES string of the molecule is [CH2]NCO[CH2]. The molecule has 0 aromatic carbocycles. The van der Waals surface area contributed by atoms with Crippen molar-refractivity contribution in [1.29, 1.82) is 0 Å². The molecule has 0 bridgehead atoms. The fourth-order valence-corrected chi connectivity index (χ4v) is 0.0722. The molecule has 0 unspecified atom stereocenters. The van der Waals surface area contributed by atoms with Crippen molar-refractivity contribution in [2.45, 2.75) is 0 Å². The zero-order valence-corrected chi connectivity index (χ0v) is 3.03. The standard InChI is InChI=1S/C3H7NO/c1-4-3-5-2/h4H,1-3H2. The Kier molecular flexibility index (Phi) is 3.86. The summed E-state index contributed by atoms with van der Waals surface area (Å²) in [5.41, 5.74) is 0. The van der Waals surface area contributed by atoms with Crippen LogP contribution < -0.4 is 5.32 Å². The molecule has 0 atom stereocenters. The molecule has 0 aromatic heterocycles. The van der Waals surface area contributed by atoms with Crippen molar-refractivity contribution in [3.8, 4) is 0 Å². The van der Waals surface area contributed by atoms with Gasteiger partial charge >= 0.3 is 0 Å². The van der Waals surface area contributed by atoms with Gasteiger partial charge in [-0.15, -0.1) is 0 Å². The average Bonchev–Trinajstić information content (AvgIpc) is 1.41. The van der Waals surface area contributed by atoms with Gasteiger partial charge in [-0.05, 0) is 0 Å². The molecule has 0 spiro atoms. The molecule has 0 aliphatic heterocycles. The van der Waals surface area contributed by atoms with Gasteiger partial charge in [0.15, 0.2) is 0 Å². The molecule has 0 heterocycles. The van der Waals surface area contributed by atoms with E-state index in [1.165, 1.54) is 0 Å². The molecule has 1 N–H and O–H groups in total. The van der Waals surface area contributed by atoms with Gasteiger partial charge in [-0.25, -0.2) is 0 Å². The van der Waals surface area contributed by atoms with E-state index in [1.807, 2.05) is 0 Å². The van der Waals surface area contributed by atoms with Crippen LogP contribution in [0.5, 0.6) is 0 Å². The van der Waals surface area contributed by atoms with E-state index in [4.69, 9.17) is 0 Å². The Hall–Kier alpha value is -0.0800. The van der Waals surface area contributed by atoms with Crippen LogP contribution in [0.1, 0.15) is 0 Å². The van der Waals surface area contributed by atoms with Crippen LogP contribution in [0.15, 0.2) is 0 Å². The summed E-state index contributed by atoms with van der Waals surface area (Å²) >= 11 is 0. The monoisotopic (exact) mass is 73.1 g/mol. The third kappa shape index (κ3) is 3.92. The van der Waals surface area contributed by atoms with E-state index < -0.39 is 0 Å². The van der Waals surface area contributed by atoms with Crippen molar-refractivity contribution in [1.82, 2.24) is 5.32 Å². The summed E-state index contributed by atoms with van der Waals surface area (Å²) in [6.07, 6.45) is 0. The van der Waals surface area contributed by atoms with Gasteiger partial charge < -0.3 is 4.74 Å². The number of nitrogens with one attached hydrogen (secondary N) is 1. The van der Waals surface area contributed by atoms with E-state index in [2.05, 4.69) is 24.2 Å². The highest BCUT2D eigenvalue weighted by Crippen LogP contribution is 1.54. The first-order valence-electron chi connectivity index (χ1n) is 1.28. The molecule has 0 saturated carbocycles. The summed E-state index contributed by atoms with van der Waals surface area (Å²) < 4.78 is 4.27. The molecular formula is C3H7NO. The van der Waals surface area contributed by atoms with Crippen LogP contribution in [-0.4, -0.2) is 6.73 Å². The van der Waals surface area contributed by atoms with E-state index in [9.17, 15) is 0 Å². The molecule has 5 heavy (non-hydrogen) atoms. The Morgan fingerprint density at radius 2 is 2.40 bits per heavy atom. The minimum absolute atomic E-state index is 0.417. The Labute approximate surface area is 32.1 Å². The van der Waals surface area contributed by atoms with Crippen molar-refractivity contribution >= 4 is 0 Å². The normalized spacial score (nSPS) is 8.40. The number of hydrogen-bond acceptors (Lipinski definition) is 2. The van der Waals surface area contributed by atoms with Crippen LogP contribution in [0.3, 0.4) is 0 Å². The molecular weight excluding hydrogens is 66.0 g/mol. The zero-order valence-electron chi connectivity index (χ0n) is 3.03. The summed E-state index contributed by atoms with van der Waals surface area (Å²) in [6.45, 7) is 0.417. The lowest BCUT2D eigenvalue weighted by molar-refractivity contribution is 0.229. The highest BCUT2D eigenvalue weighted by Gasteiger charge is 1.62. The molecule has 0 aromatic rings. The Balaban J connectivity index is 2.19. The quantitative estimate of drug-likeness (QED) is 0.469. The van der Waals surface area contributed by atoms with Gasteiger partial charge in [0.2, 0.25) is 0 Å². The van der Waals surface area contributed by atoms with Crippen molar-refractivity contribution in [2.24, 2.45) is 0 Å². The topological polar surface area (TPSA) is 21.3 Å². The number of ether oxygens (including phenoxy) is 1. The summed E-state index contributed by atoms with van der Waals surface area (Å²) in [5, 5.41) is 2.48. The maximum atomic E-state index is 4.27. The second-order valence-corrected chi connectivity index (χ2v) is 0.598. The highest BCUT2D eigenvalue weighted by atomic mass is 16.5. The Morgan fingerprint density at radius 3 is 2.40 bits per heavy atom. The first-order valence-corrected chi connectivity index (χ1v) is 1.28. The summed E-state index contributed by atoms with van der Waals surface area (Å²) in [6, 6.07) is 0. The van der Waals surface area contributed by atoms with Gasteiger partial charge in [-0.3, -0.25) is 5.32 Å². The minimum atomic E-state index is 0.417. The molecule has 2 nitrogen and oxygen atoms in total. The average molecular weight is 73.1 g/mol. The van der Waals surface area contributed by atoms with Crippen molar-refractivity contribution in [3.63, 3.8) is 0 Å². The van der Waals surface area contributed by atoms with E-state index in [0.717, 1.165) is 0 Å². The highest BCUT2D eigenvalue weighted by molar-refractivity contribution is 4.22. The molecule has 30 valence electrons. The molecule has 0 fully saturated rings. The van der Waals surface area contributed by atoms with E-state index in [1.54, 1.807) is 0 Å². The first kappa shape index (κ1) is 4.92. The Morgan fingerprint density at radius 1 is 1.80 bits per heavy atom. The largest absolute Gasteiger partial charge is 0.364 e. The fraction of sp³-hybridized carbons (Fsp3) is 0.333. The van der Waals surface area contributed by atoms with Crippen LogP contribution >= 0.6 is 0 Å². The summed E-state index contributed by atoms with van der Waals surface area (Å²) in [7, 11) is 6.33. The van der Waals surface area contributed by atoms with E-state index in [0.29, 0.717) is 6.73 Å². The smallest absolute Gasteiger partial charge is 0.0966 e. The third-order valence-corrected chi connectivity index (χ3v) is 0.204. The molecule has 2 radical (unpaired) electrons. The van der Waals surface area contributed by atoms with E-state index in [-0.39, 0.29) is 0 Å². The fourth-order valence-electron chi connectivity index (χ4n) is 0.0722. The summed E-state index contributed by atoms with van der Waals surface area (Å²) in [4.78, 5) is 0. The second kappa shape index (κ2) is 3.92. The minimum Gasteiger partial charge on any atom is -0.364 e. The van der Waals surface area contributed by atoms with Gasteiger partial charge in [0.1, 0.15) is 0 Å². The maximum Gasteiger partial charge on any atom is 0.0966 e. The molecule has 2 heteroatoms. The van der Waals surface area contributed by atoms with Gasteiger partial charge in [0.05, 0.1) is 13.8 Å². The first-order chi connectivity index (χ1) is 2.41. The molecule has 0 saturated heterocycles. The lowest BCUT2D eigenvalue weighted by atomic mass is 11.2. The molecule has 0 amide bonds. The van der Waals surface area contributed by atoms with Crippen LogP contribution in [0.4, 0.5) is 0 Å². The van der Waals surface area contributed by atoms with Crippen LogP contribution in [0.2, 0.25) is 0 Å². The lowest BCUT2D eigenvalue weighted by Crippen LogP contribution is -2.04. The number of hydrogen-bond donors (Lipinski definition) is 1.